The van der Waals surface area contributed by atoms with Crippen molar-refractivity contribution in [2.45, 2.75) is 11.0 Å². The molecule has 26 heavy (non-hydrogen) atoms. The highest BCUT2D eigenvalue weighted by molar-refractivity contribution is 7.89. The average Bonchev–Trinajstić information content (AvgIpc) is 2.97. The monoisotopic (exact) mass is 394 g/mol. The molecule has 0 bridgehead atoms. The summed E-state index contributed by atoms with van der Waals surface area (Å²) in [6, 6.07) is 12.0. The Morgan fingerprint density at radius 3 is 2.73 bits per heavy atom. The van der Waals surface area contributed by atoms with E-state index in [1.54, 1.807) is 12.3 Å². The maximum absolute atomic E-state index is 12.6. The molecule has 2 N–H and O–H groups in total. The summed E-state index contributed by atoms with van der Waals surface area (Å²) in [7, 11) is -0.645. The molecule has 0 saturated carbocycles. The third kappa shape index (κ3) is 3.57. The van der Waals surface area contributed by atoms with E-state index in [4.69, 9.17) is 16.3 Å². The van der Waals surface area contributed by atoms with Crippen molar-refractivity contribution >= 4 is 32.5 Å². The van der Waals surface area contributed by atoms with Crippen molar-refractivity contribution in [2.24, 2.45) is 7.05 Å². The summed E-state index contributed by atoms with van der Waals surface area (Å²) in [4.78, 5) is -0.0716. The van der Waals surface area contributed by atoms with Gasteiger partial charge in [-0.25, -0.2) is 13.1 Å². The van der Waals surface area contributed by atoms with Crippen molar-refractivity contribution in [1.82, 2.24) is 9.29 Å². The van der Waals surface area contributed by atoms with Crippen LogP contribution < -0.4 is 9.46 Å². The quantitative estimate of drug-likeness (QED) is 0.673. The highest BCUT2D eigenvalue weighted by Crippen LogP contribution is 2.28. The molecule has 3 aromatic rings. The average molecular weight is 395 g/mol. The first-order chi connectivity index (χ1) is 12.3. The van der Waals surface area contributed by atoms with Crippen LogP contribution in [0.5, 0.6) is 5.75 Å². The molecule has 6 nitrogen and oxygen atoms in total. The van der Waals surface area contributed by atoms with E-state index in [1.165, 1.54) is 19.2 Å². The molecule has 1 atom stereocenters. The number of rotatable bonds is 6. The minimum absolute atomic E-state index is 0.0716. The SMILES string of the molecule is COc1ccc(Cl)cc1S(=O)(=O)NCC(O)c1cn(C)c2ccccc12. The van der Waals surface area contributed by atoms with E-state index in [1.807, 2.05) is 35.9 Å². The normalized spacial score (nSPS) is 13.1. The Labute approximate surface area is 157 Å². The van der Waals surface area contributed by atoms with Crippen LogP contribution >= 0.6 is 11.6 Å². The van der Waals surface area contributed by atoms with Gasteiger partial charge in [0.1, 0.15) is 10.6 Å². The smallest absolute Gasteiger partial charge is 0.244 e. The van der Waals surface area contributed by atoms with Crippen LogP contribution in [0.2, 0.25) is 5.02 Å². The van der Waals surface area contributed by atoms with Crippen molar-refractivity contribution in [3.63, 3.8) is 0 Å². The summed E-state index contributed by atoms with van der Waals surface area (Å²) >= 11 is 5.91. The first kappa shape index (κ1) is 18.7. The van der Waals surface area contributed by atoms with Gasteiger partial charge in [-0.15, -0.1) is 0 Å². The van der Waals surface area contributed by atoms with Crippen LogP contribution in [0, 0.1) is 0 Å². The van der Waals surface area contributed by atoms with Crippen molar-refractivity contribution in [3.8, 4) is 5.75 Å². The number of para-hydroxylation sites is 1. The minimum Gasteiger partial charge on any atom is -0.495 e. The molecule has 2 aromatic carbocycles. The number of fused-ring (bicyclic) bond motifs is 1. The molecule has 0 aliphatic carbocycles. The number of aryl methyl sites for hydroxylation is 1. The predicted octanol–water partition coefficient (Wildman–Crippen LogP) is 2.85. The lowest BCUT2D eigenvalue weighted by Gasteiger charge is -2.14. The molecular weight excluding hydrogens is 376 g/mol. The summed E-state index contributed by atoms with van der Waals surface area (Å²) in [6.07, 6.45) is 0.796. The van der Waals surface area contributed by atoms with E-state index >= 15 is 0 Å². The zero-order valence-corrected chi connectivity index (χ0v) is 15.9. The lowest BCUT2D eigenvalue weighted by Crippen LogP contribution is -2.28. The van der Waals surface area contributed by atoms with Gasteiger partial charge in [0.05, 0.1) is 13.2 Å². The molecule has 0 fully saturated rings. The molecule has 0 amide bonds. The Kier molecular flexibility index (Phi) is 5.24. The van der Waals surface area contributed by atoms with Crippen LogP contribution in [-0.4, -0.2) is 31.7 Å². The second-order valence-electron chi connectivity index (χ2n) is 5.88. The summed E-state index contributed by atoms with van der Waals surface area (Å²) in [6.45, 7) is -0.175. The molecule has 0 spiro atoms. The molecule has 1 heterocycles. The number of nitrogens with zero attached hydrogens (tertiary/aromatic N) is 1. The number of halogens is 1. The van der Waals surface area contributed by atoms with Gasteiger partial charge in [0, 0.05) is 41.3 Å². The third-order valence-corrected chi connectivity index (χ3v) is 5.85. The zero-order valence-electron chi connectivity index (χ0n) is 14.3. The van der Waals surface area contributed by atoms with Gasteiger partial charge in [-0.2, -0.15) is 0 Å². The number of nitrogens with one attached hydrogen (secondary N) is 1. The van der Waals surface area contributed by atoms with Gasteiger partial charge in [0.25, 0.3) is 0 Å². The van der Waals surface area contributed by atoms with Crippen LogP contribution in [-0.2, 0) is 17.1 Å². The van der Waals surface area contributed by atoms with Crippen LogP contribution in [0.3, 0.4) is 0 Å². The summed E-state index contributed by atoms with van der Waals surface area (Å²) in [5.74, 6) is 0.182. The second kappa shape index (κ2) is 7.28. The lowest BCUT2D eigenvalue weighted by molar-refractivity contribution is 0.183. The lowest BCUT2D eigenvalue weighted by atomic mass is 10.1. The molecule has 0 aliphatic heterocycles. The first-order valence-electron chi connectivity index (χ1n) is 7.88. The van der Waals surface area contributed by atoms with Crippen LogP contribution in [0.4, 0.5) is 0 Å². The maximum atomic E-state index is 12.6. The highest BCUT2D eigenvalue weighted by Gasteiger charge is 2.22. The van der Waals surface area contributed by atoms with E-state index in [-0.39, 0.29) is 22.2 Å². The summed E-state index contributed by atoms with van der Waals surface area (Å²) in [5, 5.41) is 11.7. The van der Waals surface area contributed by atoms with Crippen LogP contribution in [0.1, 0.15) is 11.7 Å². The number of benzene rings is 2. The summed E-state index contributed by atoms with van der Waals surface area (Å²) < 4.78 is 34.6. The molecule has 0 aliphatic rings. The van der Waals surface area contributed by atoms with Crippen LogP contribution in [0.15, 0.2) is 53.6 Å². The summed E-state index contributed by atoms with van der Waals surface area (Å²) in [5.41, 5.74) is 1.62. The topological polar surface area (TPSA) is 80.6 Å². The van der Waals surface area contributed by atoms with E-state index in [0.717, 1.165) is 10.9 Å². The molecular formula is C18H19ClN2O4S. The number of hydrogen-bond acceptors (Lipinski definition) is 4. The molecule has 3 rings (SSSR count). The number of methoxy groups -OCH3 is 1. The van der Waals surface area contributed by atoms with Gasteiger partial charge < -0.3 is 14.4 Å². The number of sulfonamides is 1. The Bertz CT molecular complexity index is 1050. The number of ether oxygens (including phenoxy) is 1. The fourth-order valence-electron chi connectivity index (χ4n) is 2.88. The molecule has 0 radical (unpaired) electrons. The third-order valence-electron chi connectivity index (χ3n) is 4.17. The van der Waals surface area contributed by atoms with Gasteiger partial charge in [-0.05, 0) is 24.3 Å². The Balaban J connectivity index is 1.85. The van der Waals surface area contributed by atoms with Gasteiger partial charge in [0.15, 0.2) is 0 Å². The fraction of sp³-hybridized carbons (Fsp3) is 0.222. The predicted molar refractivity (Wildman–Crippen MR) is 101 cm³/mol. The Morgan fingerprint density at radius 1 is 1.27 bits per heavy atom. The van der Waals surface area contributed by atoms with Gasteiger partial charge >= 0.3 is 0 Å². The Hall–Kier alpha value is -2.06. The fourth-order valence-corrected chi connectivity index (χ4v) is 4.34. The van der Waals surface area contributed by atoms with Crippen LogP contribution in [0.25, 0.3) is 10.9 Å². The standard InChI is InChI=1S/C18H19ClN2O4S/c1-21-11-14(13-5-3-4-6-15(13)21)16(22)10-20-26(23,24)18-9-12(19)7-8-17(18)25-2/h3-9,11,16,20,22H,10H2,1-2H3. The highest BCUT2D eigenvalue weighted by atomic mass is 35.5. The van der Waals surface area contributed by atoms with E-state index in [0.29, 0.717) is 5.56 Å². The number of aliphatic hydroxyl groups is 1. The molecule has 1 unspecified atom stereocenters. The largest absolute Gasteiger partial charge is 0.495 e. The number of aromatic nitrogens is 1. The van der Waals surface area contributed by atoms with Crippen molar-refractivity contribution in [2.75, 3.05) is 13.7 Å². The van der Waals surface area contributed by atoms with Crippen molar-refractivity contribution < 1.29 is 18.3 Å². The minimum atomic E-state index is -3.90. The zero-order chi connectivity index (χ0) is 18.9. The van der Waals surface area contributed by atoms with Gasteiger partial charge in [-0.1, -0.05) is 29.8 Å². The molecule has 138 valence electrons. The second-order valence-corrected chi connectivity index (χ2v) is 8.05. The Morgan fingerprint density at radius 2 is 2.00 bits per heavy atom. The van der Waals surface area contributed by atoms with Gasteiger partial charge in [0.2, 0.25) is 10.0 Å². The van der Waals surface area contributed by atoms with Gasteiger partial charge in [-0.3, -0.25) is 0 Å². The number of hydrogen-bond donors (Lipinski definition) is 2. The van der Waals surface area contributed by atoms with Crippen molar-refractivity contribution in [3.05, 3.63) is 59.2 Å². The van der Waals surface area contributed by atoms with Crippen molar-refractivity contribution in [1.29, 1.82) is 0 Å². The number of aliphatic hydroxyl groups excluding tert-OH is 1. The maximum Gasteiger partial charge on any atom is 0.244 e. The molecule has 0 saturated heterocycles. The molecule has 8 heteroatoms. The first-order valence-corrected chi connectivity index (χ1v) is 9.75. The molecule has 1 aromatic heterocycles. The van der Waals surface area contributed by atoms with E-state index in [2.05, 4.69) is 4.72 Å². The van der Waals surface area contributed by atoms with E-state index in [9.17, 15) is 13.5 Å². The van der Waals surface area contributed by atoms with E-state index < -0.39 is 16.1 Å².